The topological polar surface area (TPSA) is 58.4 Å². The molecule has 1 aliphatic heterocycles. The van der Waals surface area contributed by atoms with E-state index in [1.165, 1.54) is 17.3 Å². The molecule has 41 heavy (non-hydrogen) atoms. The number of hydrogen-bond acceptors (Lipinski definition) is 3. The largest absolute Gasteiger partial charge is 0.478 e. The fourth-order valence-electron chi connectivity index (χ4n) is 7.24. The van der Waals surface area contributed by atoms with Crippen molar-refractivity contribution in [2.45, 2.75) is 76.7 Å². The minimum Gasteiger partial charge on any atom is -0.478 e. The van der Waals surface area contributed by atoms with Crippen LogP contribution in [0.3, 0.4) is 0 Å². The van der Waals surface area contributed by atoms with Crippen molar-refractivity contribution in [1.29, 1.82) is 0 Å². The minimum atomic E-state index is -0.759. The number of rotatable bonds is 10. The molecule has 216 valence electrons. The third kappa shape index (κ3) is 6.64. The highest BCUT2D eigenvalue weighted by Gasteiger charge is 2.37. The molecule has 2 aliphatic carbocycles. The number of benzene rings is 2. The first-order valence-electron chi connectivity index (χ1n) is 15.5. The van der Waals surface area contributed by atoms with Crippen LogP contribution in [0.2, 0.25) is 0 Å². The number of aromatic nitrogens is 2. The predicted octanol–water partition coefficient (Wildman–Crippen LogP) is 7.19. The number of likely N-dealkylation sites (tertiary alicyclic amines) is 1. The van der Waals surface area contributed by atoms with Gasteiger partial charge in [-0.2, -0.15) is 5.10 Å². The van der Waals surface area contributed by atoms with Crippen molar-refractivity contribution in [2.75, 3.05) is 19.6 Å². The van der Waals surface area contributed by atoms with Gasteiger partial charge in [-0.3, -0.25) is 4.68 Å². The van der Waals surface area contributed by atoms with Crippen LogP contribution in [0, 0.1) is 17.7 Å². The molecule has 2 heterocycles. The number of carboxylic acid groups (broad SMARTS) is 1. The van der Waals surface area contributed by atoms with Gasteiger partial charge < -0.3 is 10.0 Å². The maximum atomic E-state index is 14.2. The zero-order valence-corrected chi connectivity index (χ0v) is 24.1. The van der Waals surface area contributed by atoms with E-state index in [1.807, 2.05) is 6.07 Å². The number of aliphatic carboxylic acids is 1. The van der Waals surface area contributed by atoms with Crippen molar-refractivity contribution in [3.63, 3.8) is 0 Å². The summed E-state index contributed by atoms with van der Waals surface area (Å²) in [4.78, 5) is 14.8. The number of carboxylic acids is 1. The number of nitrogens with zero attached hydrogens (tertiary/aromatic N) is 3. The van der Waals surface area contributed by atoms with Gasteiger partial charge in [0, 0.05) is 36.7 Å². The summed E-state index contributed by atoms with van der Waals surface area (Å²) in [5, 5.41) is 15.0. The molecule has 1 N–H and O–H groups in total. The van der Waals surface area contributed by atoms with Crippen molar-refractivity contribution in [2.24, 2.45) is 11.8 Å². The lowest BCUT2D eigenvalue weighted by atomic mass is 9.87. The Labute approximate surface area is 243 Å². The second-order valence-electron chi connectivity index (χ2n) is 12.5. The Balaban J connectivity index is 1.14. The highest BCUT2D eigenvalue weighted by Crippen LogP contribution is 2.47. The Hall–Kier alpha value is -3.25. The third-order valence-electron chi connectivity index (χ3n) is 9.58. The lowest BCUT2D eigenvalue weighted by Crippen LogP contribution is -2.37. The summed E-state index contributed by atoms with van der Waals surface area (Å²) in [6.07, 6.45) is 7.56. The molecule has 3 aliphatic rings. The van der Waals surface area contributed by atoms with E-state index >= 15 is 0 Å². The molecule has 2 atom stereocenters. The van der Waals surface area contributed by atoms with Gasteiger partial charge >= 0.3 is 5.97 Å². The van der Waals surface area contributed by atoms with Crippen molar-refractivity contribution >= 4 is 5.97 Å². The van der Waals surface area contributed by atoms with Crippen molar-refractivity contribution in [3.05, 3.63) is 100 Å². The van der Waals surface area contributed by atoms with E-state index in [0.29, 0.717) is 29.7 Å². The van der Waals surface area contributed by atoms with E-state index in [0.717, 1.165) is 88.0 Å². The summed E-state index contributed by atoms with van der Waals surface area (Å²) in [6.45, 7) is 6.02. The number of piperidine rings is 1. The van der Waals surface area contributed by atoms with Crippen LogP contribution in [0.15, 0.2) is 71.8 Å². The van der Waals surface area contributed by atoms with Crippen LogP contribution in [0.4, 0.5) is 4.39 Å². The van der Waals surface area contributed by atoms with E-state index in [2.05, 4.69) is 52.9 Å². The second kappa shape index (κ2) is 12.3. The highest BCUT2D eigenvalue weighted by atomic mass is 19.1. The summed E-state index contributed by atoms with van der Waals surface area (Å²) >= 11 is 0. The SMILES string of the molecule is CCn1nc(Cc2ccccc2)cc1C1CCN(CC2C/C(=C(/CC3CC3)C(=O)O)C[C@@H]2c2cccc(F)c2)CC1. The van der Waals surface area contributed by atoms with E-state index in [1.54, 1.807) is 12.1 Å². The maximum absolute atomic E-state index is 14.2. The van der Waals surface area contributed by atoms with Gasteiger partial charge in [0.2, 0.25) is 0 Å². The number of hydrogen-bond donors (Lipinski definition) is 1. The quantitative estimate of drug-likeness (QED) is 0.269. The first-order chi connectivity index (χ1) is 20.0. The van der Waals surface area contributed by atoms with E-state index in [9.17, 15) is 14.3 Å². The number of halogens is 1. The molecule has 2 saturated carbocycles. The van der Waals surface area contributed by atoms with Crippen LogP contribution in [-0.4, -0.2) is 45.4 Å². The van der Waals surface area contributed by atoms with Gasteiger partial charge in [-0.15, -0.1) is 0 Å². The summed E-state index contributed by atoms with van der Waals surface area (Å²) < 4.78 is 16.4. The second-order valence-corrected chi connectivity index (χ2v) is 12.5. The number of carbonyl (C=O) groups is 1. The van der Waals surface area contributed by atoms with Gasteiger partial charge in [-0.1, -0.05) is 48.0 Å². The van der Waals surface area contributed by atoms with Gasteiger partial charge in [0.1, 0.15) is 5.82 Å². The Kier molecular flexibility index (Phi) is 8.38. The molecule has 6 rings (SSSR count). The highest BCUT2D eigenvalue weighted by molar-refractivity contribution is 5.87. The number of aryl methyl sites for hydroxylation is 1. The summed E-state index contributed by atoms with van der Waals surface area (Å²) in [6, 6.07) is 19.8. The molecule has 3 fully saturated rings. The molecule has 2 aromatic carbocycles. The molecule has 1 saturated heterocycles. The van der Waals surface area contributed by atoms with Gasteiger partial charge in [-0.05, 0) is 112 Å². The lowest BCUT2D eigenvalue weighted by molar-refractivity contribution is -0.132. The Morgan fingerprint density at radius 3 is 2.46 bits per heavy atom. The van der Waals surface area contributed by atoms with Crippen LogP contribution in [0.25, 0.3) is 0 Å². The molecule has 6 heteroatoms. The van der Waals surface area contributed by atoms with Crippen LogP contribution < -0.4 is 0 Å². The normalized spacial score (nSPS) is 23.2. The molecular weight excluding hydrogens is 513 g/mol. The smallest absolute Gasteiger partial charge is 0.331 e. The van der Waals surface area contributed by atoms with Gasteiger partial charge in [-0.25, -0.2) is 9.18 Å². The van der Waals surface area contributed by atoms with Crippen LogP contribution >= 0.6 is 0 Å². The van der Waals surface area contributed by atoms with Crippen molar-refractivity contribution in [3.8, 4) is 0 Å². The first-order valence-corrected chi connectivity index (χ1v) is 15.5. The molecule has 0 bridgehead atoms. The zero-order valence-electron chi connectivity index (χ0n) is 24.1. The molecule has 3 aromatic rings. The Morgan fingerprint density at radius 2 is 1.78 bits per heavy atom. The minimum absolute atomic E-state index is 0.161. The number of allylic oxidation sites excluding steroid dienone is 1. The zero-order chi connectivity index (χ0) is 28.3. The Morgan fingerprint density at radius 1 is 1.00 bits per heavy atom. The van der Waals surface area contributed by atoms with Gasteiger partial charge in [0.15, 0.2) is 0 Å². The summed E-state index contributed by atoms with van der Waals surface area (Å²) in [5.74, 6) is 0.521. The van der Waals surface area contributed by atoms with Crippen LogP contribution in [-0.2, 0) is 17.8 Å². The van der Waals surface area contributed by atoms with E-state index < -0.39 is 5.97 Å². The molecule has 0 amide bonds. The third-order valence-corrected chi connectivity index (χ3v) is 9.58. The average Bonchev–Trinajstić information content (AvgIpc) is 3.57. The van der Waals surface area contributed by atoms with Crippen LogP contribution in [0.1, 0.15) is 86.2 Å². The average molecular weight is 556 g/mol. The van der Waals surface area contributed by atoms with Gasteiger partial charge in [0.05, 0.1) is 5.69 Å². The first kappa shape index (κ1) is 27.9. The van der Waals surface area contributed by atoms with E-state index in [4.69, 9.17) is 5.10 Å². The molecule has 1 unspecified atom stereocenters. The fraction of sp³-hybridized carbons (Fsp3) is 0.486. The monoisotopic (exact) mass is 555 g/mol. The fourth-order valence-corrected chi connectivity index (χ4v) is 7.24. The standard InChI is InChI=1S/C35H42FN3O2/c1-2-39-34(22-31(37-39)17-24-7-4-3-5-8-24)26-13-15-38(16-14-26)23-29-19-28(33(35(40)41)18-25-11-12-25)21-32(29)27-9-6-10-30(36)20-27/h3-10,20,22,25-26,29,32H,2,11-19,21,23H2,1H3,(H,40,41)/b33-28+/t29?,32-/m1/s1. The molecule has 1 aromatic heterocycles. The molecule has 0 spiro atoms. The Bertz CT molecular complexity index is 1390. The van der Waals surface area contributed by atoms with Crippen molar-refractivity contribution < 1.29 is 14.3 Å². The summed E-state index contributed by atoms with van der Waals surface area (Å²) in [7, 11) is 0. The van der Waals surface area contributed by atoms with Crippen LogP contribution in [0.5, 0.6) is 0 Å². The lowest BCUT2D eigenvalue weighted by Gasteiger charge is -2.35. The summed E-state index contributed by atoms with van der Waals surface area (Å²) in [5.41, 5.74) is 6.52. The van der Waals surface area contributed by atoms with E-state index in [-0.39, 0.29) is 11.7 Å². The molecular formula is C35H42FN3O2. The molecule has 0 radical (unpaired) electrons. The maximum Gasteiger partial charge on any atom is 0.331 e. The molecule has 5 nitrogen and oxygen atoms in total. The van der Waals surface area contributed by atoms with Crippen molar-refractivity contribution in [1.82, 2.24) is 14.7 Å². The van der Waals surface area contributed by atoms with Gasteiger partial charge in [0.25, 0.3) is 0 Å². The predicted molar refractivity (Wildman–Crippen MR) is 159 cm³/mol.